The Balaban J connectivity index is 3.36. The molecule has 92 valence electrons. The second-order valence-electron chi connectivity index (χ2n) is 5.85. The fraction of sp³-hybridized carbons (Fsp3) is 1.00. The minimum atomic E-state index is 0.401. The first-order valence-electron chi connectivity index (χ1n) is 5.85. The lowest BCUT2D eigenvalue weighted by Gasteiger charge is -2.26. The van der Waals surface area contributed by atoms with Gasteiger partial charge in [-0.25, -0.2) is 0 Å². The zero-order chi connectivity index (χ0) is 11.9. The van der Waals surface area contributed by atoms with Crippen molar-refractivity contribution in [3.63, 3.8) is 0 Å². The molecule has 3 nitrogen and oxygen atoms in total. The van der Waals surface area contributed by atoms with Crippen molar-refractivity contribution in [3.8, 4) is 0 Å². The quantitative estimate of drug-likeness (QED) is 0.642. The van der Waals surface area contributed by atoms with Crippen molar-refractivity contribution in [3.05, 3.63) is 0 Å². The Morgan fingerprint density at radius 3 is 1.93 bits per heavy atom. The van der Waals surface area contributed by atoms with Crippen LogP contribution < -0.4 is 5.32 Å². The van der Waals surface area contributed by atoms with E-state index in [9.17, 15) is 0 Å². The summed E-state index contributed by atoms with van der Waals surface area (Å²) < 4.78 is 0. The van der Waals surface area contributed by atoms with Crippen LogP contribution in [0.2, 0.25) is 0 Å². The molecular weight excluding hydrogens is 186 g/mol. The Labute approximate surface area is 95.8 Å². The highest BCUT2D eigenvalue weighted by Crippen LogP contribution is 2.13. The van der Waals surface area contributed by atoms with Crippen LogP contribution in [0.5, 0.6) is 0 Å². The second-order valence-corrected chi connectivity index (χ2v) is 5.85. The fourth-order valence-corrected chi connectivity index (χ4v) is 1.59. The maximum Gasteiger partial charge on any atom is 0.0104 e. The van der Waals surface area contributed by atoms with Gasteiger partial charge in [-0.3, -0.25) is 0 Å². The van der Waals surface area contributed by atoms with Crippen LogP contribution in [-0.2, 0) is 0 Å². The van der Waals surface area contributed by atoms with Crippen molar-refractivity contribution < 1.29 is 0 Å². The van der Waals surface area contributed by atoms with Gasteiger partial charge in [-0.2, -0.15) is 0 Å². The molecule has 0 heterocycles. The lowest BCUT2D eigenvalue weighted by Crippen LogP contribution is -2.36. The van der Waals surface area contributed by atoms with Gasteiger partial charge in [0.1, 0.15) is 0 Å². The van der Waals surface area contributed by atoms with E-state index in [2.05, 4.69) is 57.0 Å². The van der Waals surface area contributed by atoms with Gasteiger partial charge in [0.2, 0.25) is 0 Å². The first-order chi connectivity index (χ1) is 6.81. The molecule has 3 heteroatoms. The Hall–Kier alpha value is -0.120. The van der Waals surface area contributed by atoms with E-state index in [-0.39, 0.29) is 0 Å². The van der Waals surface area contributed by atoms with E-state index in [0.717, 1.165) is 32.7 Å². The second kappa shape index (κ2) is 7.20. The molecule has 0 amide bonds. The van der Waals surface area contributed by atoms with E-state index < -0.39 is 0 Å². The summed E-state index contributed by atoms with van der Waals surface area (Å²) >= 11 is 0. The molecule has 0 aliphatic heterocycles. The standard InChI is InChI=1S/C12H29N3/c1-12(2,3)11-15(6)10-8-13-7-9-14(4)5/h13H,7-11H2,1-6H3. The number of nitrogens with one attached hydrogen (secondary N) is 1. The van der Waals surface area contributed by atoms with Crippen LogP contribution in [0.4, 0.5) is 0 Å². The summed E-state index contributed by atoms with van der Waals surface area (Å²) in [6.45, 7) is 12.4. The fourth-order valence-electron chi connectivity index (χ4n) is 1.59. The van der Waals surface area contributed by atoms with Gasteiger partial charge >= 0.3 is 0 Å². The molecule has 0 spiro atoms. The summed E-state index contributed by atoms with van der Waals surface area (Å²) in [7, 11) is 6.40. The topological polar surface area (TPSA) is 18.5 Å². The molecule has 0 aliphatic rings. The first kappa shape index (κ1) is 14.9. The molecule has 0 aromatic heterocycles. The Kier molecular flexibility index (Phi) is 7.14. The van der Waals surface area contributed by atoms with Crippen molar-refractivity contribution in [1.82, 2.24) is 15.1 Å². The van der Waals surface area contributed by atoms with Gasteiger partial charge in [0.25, 0.3) is 0 Å². The Morgan fingerprint density at radius 1 is 0.933 bits per heavy atom. The normalized spacial score (nSPS) is 12.8. The van der Waals surface area contributed by atoms with Crippen molar-refractivity contribution in [2.24, 2.45) is 5.41 Å². The number of hydrogen-bond acceptors (Lipinski definition) is 3. The lowest BCUT2D eigenvalue weighted by molar-refractivity contribution is 0.226. The average Bonchev–Trinajstić information content (AvgIpc) is 1.99. The zero-order valence-electron chi connectivity index (χ0n) is 11.4. The zero-order valence-corrected chi connectivity index (χ0v) is 11.4. The lowest BCUT2D eigenvalue weighted by atomic mass is 9.96. The molecule has 0 saturated carbocycles. The van der Waals surface area contributed by atoms with Gasteiger partial charge in [-0.05, 0) is 26.6 Å². The summed E-state index contributed by atoms with van der Waals surface area (Å²) in [6.07, 6.45) is 0. The van der Waals surface area contributed by atoms with Crippen molar-refractivity contribution in [2.45, 2.75) is 20.8 Å². The summed E-state index contributed by atoms with van der Waals surface area (Å²) in [4.78, 5) is 4.59. The third-order valence-corrected chi connectivity index (χ3v) is 2.15. The largest absolute Gasteiger partial charge is 0.314 e. The molecule has 0 unspecified atom stereocenters. The van der Waals surface area contributed by atoms with Gasteiger partial charge in [0.15, 0.2) is 0 Å². The minimum absolute atomic E-state index is 0.401. The maximum absolute atomic E-state index is 3.45. The number of likely N-dealkylation sites (N-methyl/N-ethyl adjacent to an activating group) is 2. The number of nitrogens with zero attached hydrogens (tertiary/aromatic N) is 2. The van der Waals surface area contributed by atoms with Gasteiger partial charge in [0, 0.05) is 32.7 Å². The highest BCUT2D eigenvalue weighted by molar-refractivity contribution is 4.67. The van der Waals surface area contributed by atoms with Crippen LogP contribution in [-0.4, -0.2) is 63.7 Å². The van der Waals surface area contributed by atoms with E-state index >= 15 is 0 Å². The number of rotatable bonds is 7. The van der Waals surface area contributed by atoms with E-state index in [1.165, 1.54) is 0 Å². The summed E-state index contributed by atoms with van der Waals surface area (Å²) in [5, 5.41) is 3.45. The maximum atomic E-state index is 3.45. The molecule has 0 aromatic rings. The van der Waals surface area contributed by atoms with E-state index in [0.29, 0.717) is 5.41 Å². The molecule has 0 atom stereocenters. The molecule has 0 aliphatic carbocycles. The molecule has 0 saturated heterocycles. The van der Waals surface area contributed by atoms with Crippen molar-refractivity contribution in [1.29, 1.82) is 0 Å². The van der Waals surface area contributed by atoms with Gasteiger partial charge < -0.3 is 15.1 Å². The summed E-state index contributed by atoms with van der Waals surface area (Å²) in [5.41, 5.74) is 0.401. The Morgan fingerprint density at radius 2 is 1.47 bits per heavy atom. The highest BCUT2D eigenvalue weighted by atomic mass is 15.1. The van der Waals surface area contributed by atoms with Crippen LogP contribution in [0, 0.1) is 5.41 Å². The minimum Gasteiger partial charge on any atom is -0.314 e. The molecule has 1 N–H and O–H groups in total. The number of hydrogen-bond donors (Lipinski definition) is 1. The first-order valence-corrected chi connectivity index (χ1v) is 5.85. The molecular formula is C12H29N3. The third kappa shape index (κ3) is 11.8. The van der Waals surface area contributed by atoms with E-state index in [1.807, 2.05) is 0 Å². The predicted octanol–water partition coefficient (Wildman–Crippen LogP) is 1.12. The molecule has 0 bridgehead atoms. The van der Waals surface area contributed by atoms with E-state index in [4.69, 9.17) is 0 Å². The predicted molar refractivity (Wildman–Crippen MR) is 68.4 cm³/mol. The summed E-state index contributed by atoms with van der Waals surface area (Å²) in [5.74, 6) is 0. The van der Waals surface area contributed by atoms with Crippen molar-refractivity contribution >= 4 is 0 Å². The molecule has 15 heavy (non-hydrogen) atoms. The van der Waals surface area contributed by atoms with Crippen LogP contribution >= 0.6 is 0 Å². The monoisotopic (exact) mass is 215 g/mol. The van der Waals surface area contributed by atoms with E-state index in [1.54, 1.807) is 0 Å². The average molecular weight is 215 g/mol. The van der Waals surface area contributed by atoms with Crippen LogP contribution in [0.1, 0.15) is 20.8 Å². The van der Waals surface area contributed by atoms with Gasteiger partial charge in [-0.1, -0.05) is 20.8 Å². The molecule has 0 aromatic carbocycles. The smallest absolute Gasteiger partial charge is 0.0104 e. The summed E-state index contributed by atoms with van der Waals surface area (Å²) in [6, 6.07) is 0. The molecule has 0 radical (unpaired) electrons. The molecule has 0 fully saturated rings. The SMILES string of the molecule is CN(C)CCNCCN(C)CC(C)(C)C. The van der Waals surface area contributed by atoms with Crippen LogP contribution in [0.15, 0.2) is 0 Å². The van der Waals surface area contributed by atoms with Gasteiger partial charge in [-0.15, -0.1) is 0 Å². The van der Waals surface area contributed by atoms with Crippen LogP contribution in [0.25, 0.3) is 0 Å². The van der Waals surface area contributed by atoms with Gasteiger partial charge in [0.05, 0.1) is 0 Å². The third-order valence-electron chi connectivity index (χ3n) is 2.15. The van der Waals surface area contributed by atoms with Crippen LogP contribution in [0.3, 0.4) is 0 Å². The Bertz CT molecular complexity index is 149. The highest BCUT2D eigenvalue weighted by Gasteiger charge is 2.12. The van der Waals surface area contributed by atoms with Crippen molar-refractivity contribution in [2.75, 3.05) is 53.9 Å². The molecule has 0 rings (SSSR count).